The van der Waals surface area contributed by atoms with Crippen LogP contribution in [-0.4, -0.2) is 38.3 Å². The molecule has 0 aliphatic carbocycles. The number of amides is 1. The molecule has 1 aliphatic rings. The largest absolute Gasteiger partial charge is 0.338 e. The maximum absolute atomic E-state index is 13.1. The topological polar surface area (TPSA) is 50.5 Å². The molecule has 5 rings (SSSR count). The third-order valence-electron chi connectivity index (χ3n) is 5.33. The number of hydrogen-bond acceptors (Lipinski definition) is 4. The van der Waals surface area contributed by atoms with Crippen LogP contribution in [0, 0.1) is 0 Å². The summed E-state index contributed by atoms with van der Waals surface area (Å²) >= 11 is 1.71. The van der Waals surface area contributed by atoms with Crippen molar-refractivity contribution in [3.05, 3.63) is 89.1 Å². The van der Waals surface area contributed by atoms with Crippen LogP contribution in [0.1, 0.15) is 39.6 Å². The van der Waals surface area contributed by atoms with Gasteiger partial charge in [0.05, 0.1) is 5.69 Å². The number of fused-ring (bicyclic) bond motifs is 1. The molecule has 0 bridgehead atoms. The zero-order valence-corrected chi connectivity index (χ0v) is 16.2. The molecule has 3 aromatic heterocycles. The molecule has 1 fully saturated rings. The molecule has 0 unspecified atom stereocenters. The fourth-order valence-corrected chi connectivity index (χ4v) is 4.79. The molecule has 1 amide bonds. The van der Waals surface area contributed by atoms with Gasteiger partial charge in [0.25, 0.3) is 5.91 Å². The Morgan fingerprint density at radius 2 is 2.07 bits per heavy atom. The highest BCUT2D eigenvalue weighted by atomic mass is 32.1. The predicted octanol–water partition coefficient (Wildman–Crippen LogP) is 4.01. The van der Waals surface area contributed by atoms with Crippen molar-refractivity contribution in [2.45, 2.75) is 18.8 Å². The van der Waals surface area contributed by atoms with Gasteiger partial charge < -0.3 is 4.90 Å². The summed E-state index contributed by atoms with van der Waals surface area (Å²) < 4.78 is 2.06. The number of carbonyl (C=O) groups excluding carboxylic acids is 1. The minimum absolute atomic E-state index is 0.0841. The summed E-state index contributed by atoms with van der Waals surface area (Å²) in [6, 6.07) is 14.0. The van der Waals surface area contributed by atoms with E-state index in [9.17, 15) is 4.79 Å². The maximum Gasteiger partial charge on any atom is 0.253 e. The molecule has 1 saturated heterocycles. The monoisotopic (exact) mass is 388 g/mol. The Balaban J connectivity index is 1.31. The van der Waals surface area contributed by atoms with Crippen LogP contribution in [-0.2, 0) is 6.42 Å². The standard InChI is InChI=1S/C22H20N4OS/c27-21(17-6-8-23-19(13-17)12-16-4-2-1-3-5-16)25-9-7-18(14-25)20-22-26(15-24-20)10-11-28-22/h1-6,8,10-11,13,15,18H,7,9,12,14H2/t18-/m0/s1. The molecule has 0 N–H and O–H groups in total. The third-order valence-corrected chi connectivity index (χ3v) is 6.23. The van der Waals surface area contributed by atoms with E-state index in [0.717, 1.165) is 37.3 Å². The van der Waals surface area contributed by atoms with Crippen molar-refractivity contribution in [1.29, 1.82) is 0 Å². The van der Waals surface area contributed by atoms with E-state index in [2.05, 4.69) is 31.9 Å². The van der Waals surface area contributed by atoms with Gasteiger partial charge in [0.2, 0.25) is 0 Å². The van der Waals surface area contributed by atoms with Gasteiger partial charge in [-0.1, -0.05) is 30.3 Å². The van der Waals surface area contributed by atoms with Crippen molar-refractivity contribution in [1.82, 2.24) is 19.3 Å². The van der Waals surface area contributed by atoms with Crippen molar-refractivity contribution in [2.75, 3.05) is 13.1 Å². The summed E-state index contributed by atoms with van der Waals surface area (Å²) in [5.74, 6) is 0.388. The summed E-state index contributed by atoms with van der Waals surface area (Å²) in [6.07, 6.45) is 7.32. The molecule has 0 saturated carbocycles. The van der Waals surface area contributed by atoms with Gasteiger partial charge in [0.15, 0.2) is 0 Å². The van der Waals surface area contributed by atoms with E-state index in [1.165, 1.54) is 10.4 Å². The Bertz CT molecular complexity index is 1120. The average molecular weight is 388 g/mol. The lowest BCUT2D eigenvalue weighted by Crippen LogP contribution is -2.28. The molecule has 140 valence electrons. The van der Waals surface area contributed by atoms with E-state index < -0.39 is 0 Å². The van der Waals surface area contributed by atoms with Crippen LogP contribution in [0.25, 0.3) is 4.83 Å². The van der Waals surface area contributed by atoms with Crippen molar-refractivity contribution >= 4 is 22.1 Å². The molecular formula is C22H20N4OS. The van der Waals surface area contributed by atoms with Gasteiger partial charge in [-0.05, 0) is 24.1 Å². The fourth-order valence-electron chi connectivity index (χ4n) is 3.90. The lowest BCUT2D eigenvalue weighted by molar-refractivity contribution is 0.0790. The molecule has 1 aromatic carbocycles. The summed E-state index contributed by atoms with van der Waals surface area (Å²) in [5.41, 5.74) is 3.94. The predicted molar refractivity (Wildman–Crippen MR) is 110 cm³/mol. The number of likely N-dealkylation sites (tertiary alicyclic amines) is 1. The summed E-state index contributed by atoms with van der Waals surface area (Å²) in [5, 5.41) is 2.07. The molecule has 0 radical (unpaired) electrons. The van der Waals surface area contributed by atoms with E-state index >= 15 is 0 Å². The number of thiazole rings is 1. The van der Waals surface area contributed by atoms with Crippen molar-refractivity contribution in [3.63, 3.8) is 0 Å². The van der Waals surface area contributed by atoms with Gasteiger partial charge in [0.1, 0.15) is 11.2 Å². The number of benzene rings is 1. The number of carbonyl (C=O) groups is 1. The smallest absolute Gasteiger partial charge is 0.253 e. The highest BCUT2D eigenvalue weighted by molar-refractivity contribution is 7.15. The van der Waals surface area contributed by atoms with E-state index in [1.807, 2.05) is 47.8 Å². The van der Waals surface area contributed by atoms with Gasteiger partial charge in [-0.2, -0.15) is 0 Å². The summed E-state index contributed by atoms with van der Waals surface area (Å²) in [6.45, 7) is 1.49. The molecular weight excluding hydrogens is 368 g/mol. The second-order valence-electron chi connectivity index (χ2n) is 7.18. The maximum atomic E-state index is 13.1. The molecule has 4 aromatic rings. The second kappa shape index (κ2) is 7.20. The molecule has 1 atom stereocenters. The quantitative estimate of drug-likeness (QED) is 0.531. The van der Waals surface area contributed by atoms with Crippen LogP contribution in [0.2, 0.25) is 0 Å². The minimum atomic E-state index is 0.0841. The van der Waals surface area contributed by atoms with Gasteiger partial charge in [-0.15, -0.1) is 11.3 Å². The van der Waals surface area contributed by atoms with Crippen LogP contribution in [0.4, 0.5) is 0 Å². The van der Waals surface area contributed by atoms with Gasteiger partial charge >= 0.3 is 0 Å². The Kier molecular flexibility index (Phi) is 4.41. The van der Waals surface area contributed by atoms with E-state index in [1.54, 1.807) is 17.5 Å². The Labute approximate surface area is 167 Å². The SMILES string of the molecule is O=C(c1ccnc(Cc2ccccc2)c1)N1CC[C@H](c2ncn3ccsc23)C1. The van der Waals surface area contributed by atoms with E-state index in [-0.39, 0.29) is 5.91 Å². The molecule has 1 aliphatic heterocycles. The van der Waals surface area contributed by atoms with Gasteiger partial charge in [0, 0.05) is 54.5 Å². The Morgan fingerprint density at radius 1 is 1.18 bits per heavy atom. The normalized spacial score (nSPS) is 16.7. The molecule has 28 heavy (non-hydrogen) atoms. The average Bonchev–Trinajstić information content (AvgIpc) is 3.45. The molecule has 4 heterocycles. The number of aromatic nitrogens is 3. The number of imidazole rings is 1. The third kappa shape index (κ3) is 3.20. The van der Waals surface area contributed by atoms with E-state index in [4.69, 9.17) is 0 Å². The van der Waals surface area contributed by atoms with E-state index in [0.29, 0.717) is 11.5 Å². The molecule has 5 nitrogen and oxygen atoms in total. The fraction of sp³-hybridized carbons (Fsp3) is 0.227. The van der Waals surface area contributed by atoms with Crippen molar-refractivity contribution in [3.8, 4) is 0 Å². The summed E-state index contributed by atoms with van der Waals surface area (Å²) in [7, 11) is 0. The number of pyridine rings is 1. The van der Waals surface area contributed by atoms with Crippen molar-refractivity contribution < 1.29 is 4.79 Å². The highest BCUT2D eigenvalue weighted by Crippen LogP contribution is 2.31. The van der Waals surface area contributed by atoms with Crippen LogP contribution in [0.5, 0.6) is 0 Å². The lowest BCUT2D eigenvalue weighted by atomic mass is 10.1. The van der Waals surface area contributed by atoms with Crippen LogP contribution >= 0.6 is 11.3 Å². The minimum Gasteiger partial charge on any atom is -0.338 e. The highest BCUT2D eigenvalue weighted by Gasteiger charge is 2.30. The Morgan fingerprint density at radius 3 is 2.96 bits per heavy atom. The van der Waals surface area contributed by atoms with Crippen LogP contribution in [0.15, 0.2) is 66.6 Å². The number of rotatable bonds is 4. The zero-order chi connectivity index (χ0) is 18.9. The number of hydrogen-bond donors (Lipinski definition) is 0. The van der Waals surface area contributed by atoms with Gasteiger partial charge in [-0.3, -0.25) is 14.2 Å². The zero-order valence-electron chi connectivity index (χ0n) is 15.4. The van der Waals surface area contributed by atoms with Gasteiger partial charge in [-0.25, -0.2) is 4.98 Å². The van der Waals surface area contributed by atoms with Crippen molar-refractivity contribution in [2.24, 2.45) is 0 Å². The second-order valence-corrected chi connectivity index (χ2v) is 8.07. The summed E-state index contributed by atoms with van der Waals surface area (Å²) in [4.78, 5) is 25.2. The lowest BCUT2D eigenvalue weighted by Gasteiger charge is -2.16. The first kappa shape index (κ1) is 17.1. The molecule has 6 heteroatoms. The first-order valence-corrected chi connectivity index (χ1v) is 10.3. The molecule has 0 spiro atoms. The first-order chi connectivity index (χ1) is 13.8. The first-order valence-electron chi connectivity index (χ1n) is 9.46. The number of nitrogens with zero attached hydrogens (tertiary/aromatic N) is 4. The Hall–Kier alpha value is -2.99. The van der Waals surface area contributed by atoms with Crippen LogP contribution in [0.3, 0.4) is 0 Å². The van der Waals surface area contributed by atoms with Crippen LogP contribution < -0.4 is 0 Å².